The number of piperidine rings is 1. The fraction of sp³-hybridized carbons (Fsp3) is 0.290. The van der Waals surface area contributed by atoms with Crippen LogP contribution < -0.4 is 5.32 Å². The fourth-order valence-electron chi connectivity index (χ4n) is 4.70. The van der Waals surface area contributed by atoms with Crippen LogP contribution in [0.25, 0.3) is 39.0 Å². The highest BCUT2D eigenvalue weighted by Gasteiger charge is 2.17. The monoisotopic (exact) mass is 507 g/mol. The molecular weight excluding hydrogens is 474 g/mol. The number of nitrogens with one attached hydrogen (secondary N) is 2. The number of benzene rings is 1. The van der Waals surface area contributed by atoms with Crippen molar-refractivity contribution >= 4 is 22.4 Å². The minimum atomic E-state index is -0.333. The summed E-state index contributed by atoms with van der Waals surface area (Å²) in [4.78, 5) is 29.5. The molecule has 2 N–H and O–H groups in total. The van der Waals surface area contributed by atoms with Gasteiger partial charge in [-0.2, -0.15) is 0 Å². The van der Waals surface area contributed by atoms with E-state index in [1.54, 1.807) is 18.6 Å². The van der Waals surface area contributed by atoms with E-state index in [2.05, 4.69) is 75.5 Å². The molecule has 1 atom stereocenters. The van der Waals surface area contributed by atoms with E-state index < -0.39 is 0 Å². The van der Waals surface area contributed by atoms with Gasteiger partial charge in [-0.15, -0.1) is 0 Å². The number of H-pyrrole nitrogens is 1. The van der Waals surface area contributed by atoms with Crippen LogP contribution in [0, 0.1) is 5.92 Å². The molecule has 0 saturated carbocycles. The second-order valence-corrected chi connectivity index (χ2v) is 9.69. The summed E-state index contributed by atoms with van der Waals surface area (Å²) in [5.74, 6) is 0.0463. The summed E-state index contributed by atoms with van der Waals surface area (Å²) < 4.78 is 5.53. The number of nitrogens with zero attached hydrogens (tertiary/aromatic N) is 3. The Balaban J connectivity index is 1.34. The van der Waals surface area contributed by atoms with Gasteiger partial charge in [0.1, 0.15) is 0 Å². The van der Waals surface area contributed by atoms with Crippen LogP contribution in [0.1, 0.15) is 49.2 Å². The van der Waals surface area contributed by atoms with Crippen molar-refractivity contribution in [2.24, 2.45) is 5.92 Å². The van der Waals surface area contributed by atoms with Crippen molar-refractivity contribution in [1.29, 1.82) is 0 Å². The van der Waals surface area contributed by atoms with E-state index >= 15 is 0 Å². The number of hydrogen-bond acceptors (Lipinski definition) is 6. The first-order valence-electron chi connectivity index (χ1n) is 13.2. The molecular formula is C31H33N5O2. The second-order valence-electron chi connectivity index (χ2n) is 9.69. The van der Waals surface area contributed by atoms with Gasteiger partial charge in [0, 0.05) is 41.4 Å². The Labute approximate surface area is 223 Å². The standard InChI is InChI=1S/C31H33N5O2/c1-3-4-5-7-21(2)29-30(36-20-35-29)23-9-11-27-25(14-23)15-26(18-34-27)28-12-10-24(17-33-28)31(37)38-19-22-8-6-13-32-16-22/h4-5,7,9-12,14-15,17-18,20,22,32H,3,6,8,13,16,19H2,1-2H3,(H,35,36)/b5-4-,21-7+/t22-/m0/s1. The molecule has 0 aliphatic carbocycles. The normalized spacial score (nSPS) is 16.3. The molecule has 1 fully saturated rings. The first-order chi connectivity index (χ1) is 18.6. The molecule has 1 aliphatic heterocycles. The highest BCUT2D eigenvalue weighted by molar-refractivity contribution is 5.90. The van der Waals surface area contributed by atoms with Gasteiger partial charge in [0.25, 0.3) is 0 Å². The number of esters is 1. The Kier molecular flexibility index (Phi) is 8.04. The van der Waals surface area contributed by atoms with Crippen molar-refractivity contribution in [2.75, 3.05) is 19.7 Å². The highest BCUT2D eigenvalue weighted by atomic mass is 16.5. The van der Waals surface area contributed by atoms with Gasteiger partial charge in [-0.05, 0) is 68.6 Å². The molecule has 0 radical (unpaired) electrons. The molecule has 0 amide bonds. The number of fused-ring (bicyclic) bond motifs is 1. The predicted octanol–water partition coefficient (Wildman–Crippen LogP) is 6.21. The molecule has 1 aromatic carbocycles. The van der Waals surface area contributed by atoms with E-state index in [0.717, 1.165) is 77.0 Å². The van der Waals surface area contributed by atoms with Crippen molar-refractivity contribution in [3.05, 3.63) is 84.6 Å². The Morgan fingerprint density at radius 3 is 2.79 bits per heavy atom. The number of aromatic amines is 1. The van der Waals surface area contributed by atoms with E-state index in [1.165, 1.54) is 0 Å². The molecule has 4 aromatic rings. The summed E-state index contributed by atoms with van der Waals surface area (Å²) in [5, 5.41) is 4.34. The minimum Gasteiger partial charge on any atom is -0.462 e. The maximum atomic E-state index is 12.5. The van der Waals surface area contributed by atoms with Crippen LogP contribution in [0.2, 0.25) is 0 Å². The number of carbonyl (C=O) groups is 1. The number of hydrogen-bond donors (Lipinski definition) is 2. The molecule has 0 spiro atoms. The molecule has 5 rings (SSSR count). The summed E-state index contributed by atoms with van der Waals surface area (Å²) in [6.07, 6.45) is 14.6. The van der Waals surface area contributed by atoms with Crippen molar-refractivity contribution < 1.29 is 9.53 Å². The van der Waals surface area contributed by atoms with Gasteiger partial charge < -0.3 is 15.0 Å². The molecule has 7 heteroatoms. The number of carbonyl (C=O) groups excluding carboxylic acids is 1. The zero-order chi connectivity index (χ0) is 26.3. The Morgan fingerprint density at radius 2 is 2.00 bits per heavy atom. The first-order valence-corrected chi connectivity index (χ1v) is 13.2. The number of rotatable bonds is 8. The molecule has 1 saturated heterocycles. The Morgan fingerprint density at radius 1 is 1.11 bits per heavy atom. The van der Waals surface area contributed by atoms with Gasteiger partial charge in [-0.3, -0.25) is 9.97 Å². The number of pyridine rings is 2. The van der Waals surface area contributed by atoms with Gasteiger partial charge in [0.2, 0.25) is 0 Å². The van der Waals surface area contributed by atoms with E-state index in [0.29, 0.717) is 18.1 Å². The van der Waals surface area contributed by atoms with Crippen LogP contribution in [0.3, 0.4) is 0 Å². The minimum absolute atomic E-state index is 0.333. The maximum absolute atomic E-state index is 12.5. The van der Waals surface area contributed by atoms with Gasteiger partial charge in [0.05, 0.1) is 41.1 Å². The van der Waals surface area contributed by atoms with Crippen LogP contribution in [0.15, 0.2) is 73.3 Å². The molecule has 4 heterocycles. The average molecular weight is 508 g/mol. The van der Waals surface area contributed by atoms with Crippen molar-refractivity contribution in [3.8, 4) is 22.5 Å². The third-order valence-electron chi connectivity index (χ3n) is 6.84. The number of aromatic nitrogens is 4. The smallest absolute Gasteiger partial charge is 0.339 e. The Bertz CT molecular complexity index is 1460. The predicted molar refractivity (Wildman–Crippen MR) is 152 cm³/mol. The third-order valence-corrected chi connectivity index (χ3v) is 6.84. The Hall–Kier alpha value is -4.10. The quantitative estimate of drug-likeness (QED) is 0.217. The second kappa shape index (κ2) is 12.0. The summed E-state index contributed by atoms with van der Waals surface area (Å²) in [5.41, 5.74) is 7.02. The summed E-state index contributed by atoms with van der Waals surface area (Å²) in [6, 6.07) is 11.9. The van der Waals surface area contributed by atoms with Crippen LogP contribution in [0.4, 0.5) is 0 Å². The van der Waals surface area contributed by atoms with E-state index in [9.17, 15) is 4.79 Å². The highest BCUT2D eigenvalue weighted by Crippen LogP contribution is 2.29. The number of imidazole rings is 1. The van der Waals surface area contributed by atoms with Gasteiger partial charge in [-0.1, -0.05) is 31.2 Å². The molecule has 0 bridgehead atoms. The van der Waals surface area contributed by atoms with E-state index in [4.69, 9.17) is 4.74 Å². The molecule has 38 heavy (non-hydrogen) atoms. The van der Waals surface area contributed by atoms with Crippen molar-refractivity contribution in [3.63, 3.8) is 0 Å². The molecule has 7 nitrogen and oxygen atoms in total. The summed E-state index contributed by atoms with van der Waals surface area (Å²) in [6.45, 7) is 6.56. The number of allylic oxidation sites excluding steroid dienone is 4. The lowest BCUT2D eigenvalue weighted by Gasteiger charge is -2.22. The zero-order valence-electron chi connectivity index (χ0n) is 21.9. The summed E-state index contributed by atoms with van der Waals surface area (Å²) >= 11 is 0. The van der Waals surface area contributed by atoms with Crippen LogP contribution in [-0.2, 0) is 4.74 Å². The SMILES string of the molecule is CC/C=C\C=C(/C)c1nc[nH]c1-c1ccc2ncc(-c3ccc(C(=O)OC[C@H]4CCCNC4)cn3)cc2c1. The van der Waals surface area contributed by atoms with Crippen LogP contribution >= 0.6 is 0 Å². The van der Waals surface area contributed by atoms with Crippen LogP contribution in [0.5, 0.6) is 0 Å². The lowest BCUT2D eigenvalue weighted by atomic mass is 10.0. The zero-order valence-corrected chi connectivity index (χ0v) is 21.9. The number of ether oxygens (including phenoxy) is 1. The lowest BCUT2D eigenvalue weighted by Crippen LogP contribution is -2.32. The molecule has 1 aliphatic rings. The van der Waals surface area contributed by atoms with Crippen molar-refractivity contribution in [1.82, 2.24) is 25.3 Å². The third kappa shape index (κ3) is 5.89. The fourth-order valence-corrected chi connectivity index (χ4v) is 4.70. The average Bonchev–Trinajstić information content (AvgIpc) is 3.46. The largest absolute Gasteiger partial charge is 0.462 e. The van der Waals surface area contributed by atoms with Gasteiger partial charge in [-0.25, -0.2) is 9.78 Å². The topological polar surface area (TPSA) is 92.8 Å². The first kappa shape index (κ1) is 25.5. The van der Waals surface area contributed by atoms with E-state index in [-0.39, 0.29) is 5.97 Å². The summed E-state index contributed by atoms with van der Waals surface area (Å²) in [7, 11) is 0. The van der Waals surface area contributed by atoms with Crippen LogP contribution in [-0.4, -0.2) is 45.6 Å². The lowest BCUT2D eigenvalue weighted by molar-refractivity contribution is 0.0420. The van der Waals surface area contributed by atoms with Crippen molar-refractivity contribution in [2.45, 2.75) is 33.1 Å². The maximum Gasteiger partial charge on any atom is 0.339 e. The molecule has 194 valence electrons. The van der Waals surface area contributed by atoms with E-state index in [1.807, 2.05) is 18.3 Å². The molecule has 3 aromatic heterocycles. The molecule has 0 unspecified atom stereocenters. The van der Waals surface area contributed by atoms with Gasteiger partial charge in [0.15, 0.2) is 0 Å². The van der Waals surface area contributed by atoms with Gasteiger partial charge >= 0.3 is 5.97 Å².